The second-order valence-corrected chi connectivity index (χ2v) is 5.01. The molecule has 0 aliphatic rings. The Balaban J connectivity index is 0. The lowest BCUT2D eigenvalue weighted by Gasteiger charge is -2.06. The van der Waals surface area contributed by atoms with Gasteiger partial charge in [-0.2, -0.15) is 0 Å². The van der Waals surface area contributed by atoms with Gasteiger partial charge in [0.1, 0.15) is 0 Å². The second-order valence-electron chi connectivity index (χ2n) is 3.45. The normalized spacial score (nSPS) is 8.95. The van der Waals surface area contributed by atoms with Crippen LogP contribution in [0.5, 0.6) is 0 Å². The molecule has 0 atom stereocenters. The molecule has 0 saturated carbocycles. The first-order chi connectivity index (χ1) is 10.5. The Morgan fingerprint density at radius 1 is 1.36 bits per heavy atom. The van der Waals surface area contributed by atoms with E-state index in [0.29, 0.717) is 9.80 Å². The zero-order chi connectivity index (χ0) is 17.5. The molecule has 0 fully saturated rings. The molecule has 0 aliphatic heterocycles. The summed E-state index contributed by atoms with van der Waals surface area (Å²) < 4.78 is 0.642. The lowest BCUT2D eigenvalue weighted by molar-refractivity contribution is -0.111. The Hall–Kier alpha value is -1.40. The Kier molecular flexibility index (Phi) is 15.1. The number of hydrogen-bond donors (Lipinski definition) is 2. The largest absolute Gasteiger partial charge is 0.478 e. The highest BCUT2D eigenvalue weighted by molar-refractivity contribution is 9.10. The highest BCUT2D eigenvalue weighted by atomic mass is 79.9. The van der Waals surface area contributed by atoms with Crippen LogP contribution in [0.3, 0.4) is 0 Å². The van der Waals surface area contributed by atoms with Crippen LogP contribution in [0.1, 0.15) is 31.1 Å². The summed E-state index contributed by atoms with van der Waals surface area (Å²) in [5.41, 5.74) is 0.310. The predicted molar refractivity (Wildman–Crippen MR) is 99.9 cm³/mol. The van der Waals surface area contributed by atoms with Gasteiger partial charge >= 0.3 is 5.97 Å². The molecular weight excluding hydrogens is 414 g/mol. The molecular formula is C16H21Br2NO3. The van der Waals surface area contributed by atoms with Crippen molar-refractivity contribution in [3.8, 4) is 0 Å². The van der Waals surface area contributed by atoms with Crippen LogP contribution in [-0.4, -0.2) is 22.3 Å². The average molecular weight is 435 g/mol. The molecule has 122 valence electrons. The molecule has 6 heteroatoms. The van der Waals surface area contributed by atoms with Crippen LogP contribution < -0.4 is 5.32 Å². The van der Waals surface area contributed by atoms with Crippen molar-refractivity contribution in [1.29, 1.82) is 0 Å². The number of carbonyl (C=O) groups excluding carboxylic acids is 1. The fourth-order valence-corrected chi connectivity index (χ4v) is 1.68. The Morgan fingerprint density at radius 3 is 2.36 bits per heavy atom. The number of nitrogens with one attached hydrogen (secondary N) is 1. The van der Waals surface area contributed by atoms with Crippen LogP contribution in [0.15, 0.2) is 47.5 Å². The van der Waals surface area contributed by atoms with E-state index in [1.807, 2.05) is 20.8 Å². The van der Waals surface area contributed by atoms with Crippen LogP contribution >= 0.6 is 31.9 Å². The van der Waals surface area contributed by atoms with Crippen LogP contribution in [0, 0.1) is 0 Å². The maximum Gasteiger partial charge on any atom is 0.337 e. The minimum absolute atomic E-state index is 0.0416. The summed E-state index contributed by atoms with van der Waals surface area (Å²) in [5.74, 6) is -1.46. The van der Waals surface area contributed by atoms with Gasteiger partial charge in [0, 0.05) is 15.9 Å². The molecule has 2 N–H and O–H groups in total. The molecule has 0 aliphatic carbocycles. The molecule has 1 aromatic carbocycles. The fraction of sp³-hybridized carbons (Fsp3) is 0.250. The van der Waals surface area contributed by atoms with Crippen molar-refractivity contribution in [3.05, 3.63) is 53.0 Å². The molecule has 0 bridgehead atoms. The van der Waals surface area contributed by atoms with E-state index < -0.39 is 5.97 Å². The molecule has 1 rings (SSSR count). The van der Waals surface area contributed by atoms with Crippen molar-refractivity contribution >= 4 is 49.4 Å². The first-order valence-electron chi connectivity index (χ1n) is 6.59. The number of benzene rings is 1. The first kappa shape index (κ1) is 22.9. The van der Waals surface area contributed by atoms with E-state index in [1.165, 1.54) is 18.2 Å². The fourth-order valence-electron chi connectivity index (χ4n) is 1.13. The van der Waals surface area contributed by atoms with E-state index in [2.05, 4.69) is 43.8 Å². The summed E-state index contributed by atoms with van der Waals surface area (Å²) in [4.78, 5) is 22.4. The van der Waals surface area contributed by atoms with Gasteiger partial charge in [0.25, 0.3) is 0 Å². The predicted octanol–water partition coefficient (Wildman–Crippen LogP) is 5.26. The SMILES string of the molecule is C=CC.CC.O=C(/C=C/CBr)Nc1ccc(Br)cc1C(=O)O. The van der Waals surface area contributed by atoms with Crippen molar-refractivity contribution in [3.63, 3.8) is 0 Å². The van der Waals surface area contributed by atoms with Gasteiger partial charge in [-0.1, -0.05) is 57.9 Å². The third-order valence-corrected chi connectivity index (χ3v) is 2.70. The Morgan fingerprint density at radius 2 is 1.91 bits per heavy atom. The number of allylic oxidation sites excluding steroid dienone is 2. The Labute approximate surface area is 148 Å². The standard InChI is InChI=1S/C11H9Br2NO3.C3H6.C2H6/c12-5-1-2-10(15)14-9-4-3-7(13)6-8(9)11(16)17;1-3-2;1-2/h1-4,6H,5H2,(H,14,15)(H,16,17);3H,1H2,2H3;1-2H3/b2-1+;;. The summed E-state index contributed by atoms with van der Waals surface area (Å²) in [6, 6.07) is 4.63. The number of anilines is 1. The topological polar surface area (TPSA) is 66.4 Å². The molecule has 1 amide bonds. The highest BCUT2D eigenvalue weighted by Gasteiger charge is 2.11. The number of alkyl halides is 1. The average Bonchev–Trinajstić information content (AvgIpc) is 2.49. The Bertz CT molecular complexity index is 514. The number of carbonyl (C=O) groups is 2. The van der Waals surface area contributed by atoms with Gasteiger partial charge in [0.15, 0.2) is 0 Å². The van der Waals surface area contributed by atoms with E-state index in [1.54, 1.807) is 18.2 Å². The van der Waals surface area contributed by atoms with Crippen molar-refractivity contribution in [1.82, 2.24) is 0 Å². The number of carboxylic acids is 1. The summed E-state index contributed by atoms with van der Waals surface area (Å²) >= 11 is 6.32. The summed E-state index contributed by atoms with van der Waals surface area (Å²) in [5, 5.41) is 12.0. The van der Waals surface area contributed by atoms with Crippen molar-refractivity contribution in [2.24, 2.45) is 0 Å². The molecule has 22 heavy (non-hydrogen) atoms. The zero-order valence-corrected chi connectivity index (χ0v) is 16.1. The summed E-state index contributed by atoms with van der Waals surface area (Å²) in [6.45, 7) is 9.25. The molecule has 0 unspecified atom stereocenters. The number of halogens is 2. The second kappa shape index (κ2) is 14.5. The maximum absolute atomic E-state index is 11.4. The quantitative estimate of drug-likeness (QED) is 0.386. The third-order valence-electron chi connectivity index (χ3n) is 1.83. The molecule has 0 saturated heterocycles. The lowest BCUT2D eigenvalue weighted by Crippen LogP contribution is -2.12. The van der Waals surface area contributed by atoms with Crippen LogP contribution in [0.2, 0.25) is 0 Å². The lowest BCUT2D eigenvalue weighted by atomic mass is 10.2. The molecule has 0 aromatic heterocycles. The van der Waals surface area contributed by atoms with Gasteiger partial charge < -0.3 is 10.4 Å². The van der Waals surface area contributed by atoms with E-state index >= 15 is 0 Å². The van der Waals surface area contributed by atoms with Crippen LogP contribution in [0.4, 0.5) is 5.69 Å². The maximum atomic E-state index is 11.4. The van der Waals surface area contributed by atoms with Gasteiger partial charge in [0.2, 0.25) is 5.91 Å². The minimum Gasteiger partial charge on any atom is -0.478 e. The summed E-state index contributed by atoms with van der Waals surface area (Å²) in [7, 11) is 0. The van der Waals surface area contributed by atoms with Crippen molar-refractivity contribution in [2.75, 3.05) is 10.6 Å². The summed E-state index contributed by atoms with van der Waals surface area (Å²) in [6.07, 6.45) is 4.71. The van der Waals surface area contributed by atoms with Gasteiger partial charge in [0.05, 0.1) is 11.3 Å². The molecule has 1 aromatic rings. The van der Waals surface area contributed by atoms with Gasteiger partial charge in [-0.15, -0.1) is 6.58 Å². The van der Waals surface area contributed by atoms with Crippen molar-refractivity contribution in [2.45, 2.75) is 20.8 Å². The minimum atomic E-state index is -1.09. The van der Waals surface area contributed by atoms with E-state index in [4.69, 9.17) is 5.11 Å². The highest BCUT2D eigenvalue weighted by Crippen LogP contribution is 2.21. The number of carboxylic acid groups (broad SMARTS) is 1. The molecule has 0 radical (unpaired) electrons. The van der Waals surface area contributed by atoms with E-state index in [9.17, 15) is 9.59 Å². The van der Waals surface area contributed by atoms with Crippen LogP contribution in [0.25, 0.3) is 0 Å². The molecule has 0 heterocycles. The third kappa shape index (κ3) is 10.3. The van der Waals surface area contributed by atoms with Gasteiger partial charge in [-0.25, -0.2) is 4.79 Å². The molecule has 0 spiro atoms. The monoisotopic (exact) mass is 433 g/mol. The first-order valence-corrected chi connectivity index (χ1v) is 8.51. The van der Waals surface area contributed by atoms with E-state index in [0.717, 1.165) is 0 Å². The van der Waals surface area contributed by atoms with Gasteiger partial charge in [-0.05, 0) is 25.1 Å². The van der Waals surface area contributed by atoms with E-state index in [-0.39, 0.29) is 17.2 Å². The van der Waals surface area contributed by atoms with Crippen LogP contribution in [-0.2, 0) is 4.79 Å². The number of hydrogen-bond acceptors (Lipinski definition) is 2. The molecule has 4 nitrogen and oxygen atoms in total. The smallest absolute Gasteiger partial charge is 0.337 e. The zero-order valence-electron chi connectivity index (χ0n) is 12.9. The number of aromatic carboxylic acids is 1. The van der Waals surface area contributed by atoms with Gasteiger partial charge in [-0.3, -0.25) is 4.79 Å². The number of amides is 1. The number of rotatable bonds is 4. The van der Waals surface area contributed by atoms with Crippen molar-refractivity contribution < 1.29 is 14.7 Å².